The Morgan fingerprint density at radius 2 is 1.62 bits per heavy atom. The van der Waals surface area contributed by atoms with Crippen molar-refractivity contribution in [2.24, 2.45) is 5.14 Å². The number of carbonyl (C=O) groups excluding carboxylic acids is 1. The summed E-state index contributed by atoms with van der Waals surface area (Å²) in [6.45, 7) is 11.4. The van der Waals surface area contributed by atoms with Gasteiger partial charge in [0, 0.05) is 16.6 Å². The topological polar surface area (TPSA) is 82.2 Å². The van der Waals surface area contributed by atoms with Crippen molar-refractivity contribution >= 4 is 46.5 Å². The normalized spacial score (nSPS) is 13.1. The van der Waals surface area contributed by atoms with Crippen LogP contribution in [0.1, 0.15) is 36.7 Å². The summed E-state index contributed by atoms with van der Waals surface area (Å²) in [7, 11) is -5.82. The molecule has 0 atom stereocenters. The zero-order valence-electron chi connectivity index (χ0n) is 17.2. The maximum absolute atomic E-state index is 13.0. The Labute approximate surface area is 177 Å². The molecule has 8 heteroatoms. The first-order chi connectivity index (χ1) is 13.2. The molecule has 0 aliphatic heterocycles. The zero-order chi connectivity index (χ0) is 21.8. The SMILES string of the molecule is CC(C)(C)[Si](C)(C)n1ccc2cc(C(=O)c3ccc(Cl)c(S(N)(=O)=O)c3)ccc21. The van der Waals surface area contributed by atoms with E-state index in [2.05, 4.69) is 44.3 Å². The average Bonchev–Trinajstić information content (AvgIpc) is 3.03. The fourth-order valence-corrected chi connectivity index (χ4v) is 6.21. The van der Waals surface area contributed by atoms with E-state index in [-0.39, 0.29) is 26.3 Å². The van der Waals surface area contributed by atoms with E-state index < -0.39 is 18.3 Å². The van der Waals surface area contributed by atoms with Crippen LogP contribution in [-0.2, 0) is 10.0 Å². The van der Waals surface area contributed by atoms with E-state index in [9.17, 15) is 13.2 Å². The Morgan fingerprint density at radius 1 is 1.03 bits per heavy atom. The number of rotatable bonds is 4. The van der Waals surface area contributed by atoms with Gasteiger partial charge in [-0.1, -0.05) is 45.5 Å². The Hall–Kier alpha value is -1.93. The number of hydrogen-bond acceptors (Lipinski definition) is 3. The molecule has 29 heavy (non-hydrogen) atoms. The van der Waals surface area contributed by atoms with E-state index in [1.807, 2.05) is 18.2 Å². The first-order valence-electron chi connectivity index (χ1n) is 9.22. The maximum Gasteiger partial charge on any atom is 0.239 e. The predicted molar refractivity (Wildman–Crippen MR) is 121 cm³/mol. The van der Waals surface area contributed by atoms with Crippen LogP contribution in [0.4, 0.5) is 0 Å². The molecule has 3 rings (SSSR count). The summed E-state index contributed by atoms with van der Waals surface area (Å²) in [6, 6.07) is 11.7. The van der Waals surface area contributed by atoms with Crippen LogP contribution < -0.4 is 5.14 Å². The molecule has 1 aromatic heterocycles. The first-order valence-corrected chi connectivity index (χ1v) is 14.1. The van der Waals surface area contributed by atoms with E-state index in [1.54, 1.807) is 6.07 Å². The van der Waals surface area contributed by atoms with Crippen molar-refractivity contribution in [3.8, 4) is 0 Å². The number of sulfonamides is 1. The van der Waals surface area contributed by atoms with Crippen LogP contribution in [0.15, 0.2) is 53.6 Å². The van der Waals surface area contributed by atoms with Gasteiger partial charge in [-0.25, -0.2) is 13.6 Å². The summed E-state index contributed by atoms with van der Waals surface area (Å²) >= 11 is 5.92. The highest BCUT2D eigenvalue weighted by Gasteiger charge is 2.38. The van der Waals surface area contributed by atoms with Crippen LogP contribution in [0.2, 0.25) is 23.2 Å². The van der Waals surface area contributed by atoms with Gasteiger partial charge in [-0.05, 0) is 59.1 Å². The number of nitrogens with two attached hydrogens (primary N) is 1. The number of primary sulfonamides is 1. The monoisotopic (exact) mass is 448 g/mol. The second kappa shape index (κ2) is 7.09. The Bertz CT molecular complexity index is 1220. The molecule has 3 aromatic rings. The van der Waals surface area contributed by atoms with Crippen LogP contribution in [0.25, 0.3) is 10.9 Å². The number of hydrogen-bond donors (Lipinski definition) is 1. The van der Waals surface area contributed by atoms with Gasteiger partial charge in [0.1, 0.15) is 4.90 Å². The molecule has 0 amide bonds. The van der Waals surface area contributed by atoms with Gasteiger partial charge in [0.25, 0.3) is 0 Å². The third-order valence-corrected chi connectivity index (χ3v) is 12.5. The molecular formula is C21H25ClN2O3SSi. The molecule has 2 aromatic carbocycles. The highest BCUT2D eigenvalue weighted by Crippen LogP contribution is 2.39. The third-order valence-electron chi connectivity index (χ3n) is 5.89. The van der Waals surface area contributed by atoms with Crippen molar-refractivity contribution in [1.82, 2.24) is 4.23 Å². The first kappa shape index (κ1) is 21.8. The van der Waals surface area contributed by atoms with Crippen LogP contribution in [-0.4, -0.2) is 26.7 Å². The Morgan fingerprint density at radius 3 is 2.21 bits per heavy atom. The van der Waals surface area contributed by atoms with Crippen LogP contribution in [0.5, 0.6) is 0 Å². The van der Waals surface area contributed by atoms with Crippen LogP contribution >= 0.6 is 11.6 Å². The van der Waals surface area contributed by atoms with Gasteiger partial charge < -0.3 is 4.23 Å². The van der Waals surface area contributed by atoms with E-state index in [0.717, 1.165) is 10.9 Å². The summed E-state index contributed by atoms with van der Waals surface area (Å²) in [5.41, 5.74) is 1.80. The molecule has 0 radical (unpaired) electrons. The molecule has 0 saturated heterocycles. The average molecular weight is 449 g/mol. The fourth-order valence-electron chi connectivity index (χ4n) is 3.16. The molecule has 5 nitrogen and oxygen atoms in total. The summed E-state index contributed by atoms with van der Waals surface area (Å²) in [5, 5.41) is 6.33. The summed E-state index contributed by atoms with van der Waals surface area (Å²) in [5.74, 6) is -0.284. The van der Waals surface area contributed by atoms with Gasteiger partial charge in [-0.3, -0.25) is 4.79 Å². The fraction of sp³-hybridized carbons (Fsp3) is 0.286. The number of aromatic nitrogens is 1. The van der Waals surface area contributed by atoms with E-state index in [0.29, 0.717) is 5.56 Å². The molecule has 0 spiro atoms. The molecule has 2 N–H and O–H groups in total. The molecule has 1 heterocycles. The van der Waals surface area contributed by atoms with Crippen molar-refractivity contribution in [2.45, 2.75) is 43.8 Å². The molecule has 0 unspecified atom stereocenters. The second-order valence-corrected chi connectivity index (χ2v) is 15.8. The summed E-state index contributed by atoms with van der Waals surface area (Å²) < 4.78 is 25.8. The molecule has 0 aliphatic carbocycles. The van der Waals surface area contributed by atoms with Gasteiger partial charge in [0.2, 0.25) is 10.0 Å². The number of benzene rings is 2. The van der Waals surface area contributed by atoms with Gasteiger partial charge >= 0.3 is 0 Å². The lowest BCUT2D eigenvalue weighted by Crippen LogP contribution is -2.44. The number of ketones is 1. The van der Waals surface area contributed by atoms with Gasteiger partial charge in [-0.15, -0.1) is 0 Å². The maximum atomic E-state index is 13.0. The van der Waals surface area contributed by atoms with Crippen LogP contribution in [0.3, 0.4) is 0 Å². The van der Waals surface area contributed by atoms with E-state index in [1.165, 1.54) is 18.2 Å². The Balaban J connectivity index is 2.06. The molecular weight excluding hydrogens is 424 g/mol. The second-order valence-electron chi connectivity index (χ2n) is 8.79. The largest absolute Gasteiger partial charge is 0.374 e. The standard InChI is InChI=1S/C21H25ClN2O3SSi/c1-21(2,3)29(4,5)24-11-10-14-12-15(7-9-18(14)24)20(25)16-6-8-17(22)19(13-16)28(23,26)27/h6-13H,1-5H3,(H2,23,26,27). The quantitative estimate of drug-likeness (QED) is 0.449. The van der Waals surface area contributed by atoms with Crippen molar-refractivity contribution in [3.05, 3.63) is 64.8 Å². The predicted octanol–water partition coefficient (Wildman–Crippen LogP) is 5.03. The lowest BCUT2D eigenvalue weighted by molar-refractivity contribution is 0.103. The zero-order valence-corrected chi connectivity index (χ0v) is 19.7. The van der Waals surface area contributed by atoms with Crippen molar-refractivity contribution < 1.29 is 13.2 Å². The highest BCUT2D eigenvalue weighted by molar-refractivity contribution is 7.89. The molecule has 0 bridgehead atoms. The van der Waals surface area contributed by atoms with E-state index in [4.69, 9.17) is 16.7 Å². The van der Waals surface area contributed by atoms with Gasteiger partial charge in [-0.2, -0.15) is 0 Å². The lowest BCUT2D eigenvalue weighted by atomic mass is 10.0. The van der Waals surface area contributed by atoms with Crippen molar-refractivity contribution in [1.29, 1.82) is 0 Å². The highest BCUT2D eigenvalue weighted by atomic mass is 35.5. The molecule has 154 valence electrons. The number of fused-ring (bicyclic) bond motifs is 1. The minimum absolute atomic E-state index is 0.00838. The Kier molecular flexibility index (Phi) is 5.32. The minimum atomic E-state index is -4.02. The number of nitrogens with zero attached hydrogens (tertiary/aromatic N) is 1. The van der Waals surface area contributed by atoms with Crippen molar-refractivity contribution in [2.75, 3.05) is 0 Å². The van der Waals surface area contributed by atoms with Crippen LogP contribution in [0, 0.1) is 0 Å². The summed E-state index contributed by atoms with van der Waals surface area (Å²) in [4.78, 5) is 12.7. The number of carbonyl (C=O) groups is 1. The minimum Gasteiger partial charge on any atom is -0.374 e. The lowest BCUT2D eigenvalue weighted by Gasteiger charge is -2.38. The van der Waals surface area contributed by atoms with Gasteiger partial charge in [0.15, 0.2) is 14.0 Å². The molecule has 0 saturated carbocycles. The smallest absolute Gasteiger partial charge is 0.239 e. The number of halogens is 1. The molecule has 0 aliphatic rings. The van der Waals surface area contributed by atoms with Crippen molar-refractivity contribution in [3.63, 3.8) is 0 Å². The summed E-state index contributed by atoms with van der Waals surface area (Å²) in [6.07, 6.45) is 2.10. The molecule has 0 fully saturated rings. The van der Waals surface area contributed by atoms with E-state index >= 15 is 0 Å². The van der Waals surface area contributed by atoms with Gasteiger partial charge in [0.05, 0.1) is 5.02 Å². The third kappa shape index (κ3) is 3.92.